The Kier molecular flexibility index (Phi) is 12.0. The lowest BCUT2D eigenvalue weighted by molar-refractivity contribution is -0.153. The molecule has 0 unspecified atom stereocenters. The lowest BCUT2D eigenvalue weighted by Crippen LogP contribution is -2.70. The number of esters is 2. The van der Waals surface area contributed by atoms with Crippen LogP contribution in [0.4, 0.5) is 0 Å². The van der Waals surface area contributed by atoms with Crippen LogP contribution in [-0.2, 0) is 46.9 Å². The summed E-state index contributed by atoms with van der Waals surface area (Å²) in [4.78, 5) is 59.6. The third-order valence-electron chi connectivity index (χ3n) is 10.3. The Morgan fingerprint density at radius 3 is 2.24 bits per heavy atom. The van der Waals surface area contributed by atoms with Crippen molar-refractivity contribution in [1.29, 1.82) is 0 Å². The summed E-state index contributed by atoms with van der Waals surface area (Å²) in [6.07, 6.45) is 0.0868. The van der Waals surface area contributed by atoms with E-state index in [0.29, 0.717) is 28.0 Å². The summed E-state index contributed by atoms with van der Waals surface area (Å²) in [5, 5.41) is 2.99. The second kappa shape index (κ2) is 17.1. The van der Waals surface area contributed by atoms with Crippen LogP contribution >= 0.6 is 11.8 Å². The first-order valence-corrected chi connectivity index (χ1v) is 21.4. The number of aromatic nitrogens is 1. The van der Waals surface area contributed by atoms with Gasteiger partial charge in [-0.3, -0.25) is 14.5 Å². The summed E-state index contributed by atoms with van der Waals surface area (Å²) in [6.45, 7) is 3.65. The van der Waals surface area contributed by atoms with Crippen LogP contribution in [0.5, 0.6) is 5.75 Å². The minimum absolute atomic E-state index is 0.0368. The van der Waals surface area contributed by atoms with Gasteiger partial charge in [0, 0.05) is 36.4 Å². The third-order valence-corrected chi connectivity index (χ3v) is 13.5. The van der Waals surface area contributed by atoms with Crippen LogP contribution in [0.3, 0.4) is 0 Å². The number of thioether (sulfide) groups is 1. The van der Waals surface area contributed by atoms with Crippen molar-refractivity contribution in [3.8, 4) is 16.9 Å². The van der Waals surface area contributed by atoms with E-state index in [2.05, 4.69) is 10.3 Å². The number of fused-ring (bicyclic) bond motifs is 2. The Morgan fingerprint density at radius 2 is 1.58 bits per heavy atom. The highest BCUT2D eigenvalue weighted by atomic mass is 32.2. The number of para-hydroxylation sites is 1. The number of carbonyl (C=O) groups excluding carboxylic acids is 4. The van der Waals surface area contributed by atoms with Crippen molar-refractivity contribution < 1.29 is 41.8 Å². The minimum atomic E-state index is -3.70. The second-order valence-corrected chi connectivity index (χ2v) is 17.9. The Labute approximate surface area is 346 Å². The predicted octanol–water partition coefficient (Wildman–Crippen LogP) is 6.01. The summed E-state index contributed by atoms with van der Waals surface area (Å²) >= 11 is 1.34. The summed E-state index contributed by atoms with van der Waals surface area (Å²) in [6, 6.07) is 27.4. The van der Waals surface area contributed by atoms with Gasteiger partial charge in [0.1, 0.15) is 41.8 Å². The number of nitrogens with zero attached hydrogens (tertiary/aromatic N) is 2. The van der Waals surface area contributed by atoms with Gasteiger partial charge < -0.3 is 24.5 Å². The third kappa shape index (κ3) is 8.36. The fourth-order valence-corrected chi connectivity index (χ4v) is 9.36. The number of H-pyrrole nitrogens is 1. The van der Waals surface area contributed by atoms with Gasteiger partial charge in [0.05, 0.1) is 23.9 Å². The zero-order valence-corrected chi connectivity index (χ0v) is 34.8. The molecule has 2 aliphatic rings. The molecular formula is C44H44N4O9S2. The average Bonchev–Trinajstić information content (AvgIpc) is 3.64. The molecule has 0 radical (unpaired) electrons. The number of carbonyl (C=O) groups is 4. The van der Waals surface area contributed by atoms with E-state index in [1.807, 2.05) is 62.4 Å². The van der Waals surface area contributed by atoms with E-state index in [1.54, 1.807) is 43.5 Å². The minimum Gasteiger partial charge on any atom is -0.497 e. The molecule has 0 spiro atoms. The molecule has 13 nitrogen and oxygen atoms in total. The van der Waals surface area contributed by atoms with Crippen LogP contribution in [0.2, 0.25) is 0 Å². The van der Waals surface area contributed by atoms with E-state index in [0.717, 1.165) is 26.3 Å². The highest BCUT2D eigenvalue weighted by Crippen LogP contribution is 2.42. The number of hydrogen-bond donors (Lipinski definition) is 2. The molecule has 2 N–H and O–H groups in total. The van der Waals surface area contributed by atoms with E-state index < -0.39 is 39.3 Å². The van der Waals surface area contributed by atoms with Crippen molar-refractivity contribution in [2.24, 2.45) is 0 Å². The summed E-state index contributed by atoms with van der Waals surface area (Å²) in [7, 11) is 0.763. The fraction of sp³-hybridized carbons (Fsp3) is 0.273. The van der Waals surface area contributed by atoms with E-state index >= 15 is 0 Å². The van der Waals surface area contributed by atoms with Gasteiger partial charge in [-0.1, -0.05) is 86.6 Å². The van der Waals surface area contributed by atoms with Crippen molar-refractivity contribution in [2.45, 2.75) is 49.1 Å². The van der Waals surface area contributed by atoms with Crippen LogP contribution in [0.1, 0.15) is 46.9 Å². The SMILES string of the molecule is COc1ccc(COC(=O)C2=C(COC(=O)c3[nH]c4c(C(C)C)cccc4c3-c3ccc(S(=O)(=O)N(C)C)cc3)CS[C@@H]3[C@H](NC(=O)Cc4ccccc4)C(=O)N23)cc1. The summed E-state index contributed by atoms with van der Waals surface area (Å²) in [5.41, 5.74) is 4.77. The molecule has 1 saturated heterocycles. The van der Waals surface area contributed by atoms with Gasteiger partial charge in [-0.2, -0.15) is 0 Å². The first kappa shape index (κ1) is 41.3. The molecule has 7 rings (SSSR count). The molecule has 306 valence electrons. The van der Waals surface area contributed by atoms with Gasteiger partial charge in [0.25, 0.3) is 5.91 Å². The number of benzene rings is 4. The van der Waals surface area contributed by atoms with Crippen molar-refractivity contribution in [3.05, 3.63) is 131 Å². The molecule has 0 bridgehead atoms. The molecule has 0 saturated carbocycles. The van der Waals surface area contributed by atoms with E-state index in [-0.39, 0.29) is 53.5 Å². The predicted molar refractivity (Wildman–Crippen MR) is 224 cm³/mol. The molecule has 3 heterocycles. The highest BCUT2D eigenvalue weighted by Gasteiger charge is 2.54. The molecule has 5 aromatic rings. The Morgan fingerprint density at radius 1 is 0.881 bits per heavy atom. The molecular weight excluding hydrogens is 793 g/mol. The molecule has 0 aliphatic carbocycles. The maximum atomic E-state index is 14.2. The molecule has 2 aliphatic heterocycles. The van der Waals surface area contributed by atoms with E-state index in [1.165, 1.54) is 42.9 Å². The number of ether oxygens (including phenoxy) is 3. The van der Waals surface area contributed by atoms with E-state index in [9.17, 15) is 27.6 Å². The maximum Gasteiger partial charge on any atom is 0.355 e. The normalized spacial score (nSPS) is 16.5. The lowest BCUT2D eigenvalue weighted by atomic mass is 9.97. The van der Waals surface area contributed by atoms with Crippen LogP contribution in [0.25, 0.3) is 22.0 Å². The van der Waals surface area contributed by atoms with Gasteiger partial charge >= 0.3 is 11.9 Å². The molecule has 1 aromatic heterocycles. The zero-order valence-electron chi connectivity index (χ0n) is 33.2. The Bertz CT molecular complexity index is 2550. The summed E-state index contributed by atoms with van der Waals surface area (Å²) in [5.74, 6) is -1.36. The maximum absolute atomic E-state index is 14.2. The monoisotopic (exact) mass is 836 g/mol. The number of β-lactam (4-membered cyclic amide) rings is 1. The molecule has 2 amide bonds. The fourth-order valence-electron chi connectivity index (χ4n) is 7.13. The number of amides is 2. The second-order valence-electron chi connectivity index (χ2n) is 14.7. The van der Waals surface area contributed by atoms with Crippen LogP contribution in [0, 0.1) is 0 Å². The lowest BCUT2D eigenvalue weighted by Gasteiger charge is -2.49. The van der Waals surface area contributed by atoms with Gasteiger partial charge in [0.2, 0.25) is 15.9 Å². The van der Waals surface area contributed by atoms with Crippen molar-refractivity contribution >= 4 is 56.4 Å². The topological polar surface area (TPSA) is 164 Å². The van der Waals surface area contributed by atoms with Gasteiger partial charge in [-0.05, 0) is 52.4 Å². The number of methoxy groups -OCH3 is 1. The molecule has 1 fully saturated rings. The quantitative estimate of drug-likeness (QED) is 0.100. The number of hydrogen-bond acceptors (Lipinski definition) is 10. The smallest absolute Gasteiger partial charge is 0.355 e. The Balaban J connectivity index is 1.18. The highest BCUT2D eigenvalue weighted by molar-refractivity contribution is 8.00. The van der Waals surface area contributed by atoms with Gasteiger partial charge in [-0.15, -0.1) is 11.8 Å². The number of rotatable bonds is 14. The zero-order chi connectivity index (χ0) is 42.0. The number of sulfonamides is 1. The van der Waals surface area contributed by atoms with Crippen LogP contribution in [0.15, 0.2) is 113 Å². The largest absolute Gasteiger partial charge is 0.497 e. The van der Waals surface area contributed by atoms with Gasteiger partial charge in [-0.25, -0.2) is 22.3 Å². The van der Waals surface area contributed by atoms with Crippen LogP contribution in [-0.4, -0.2) is 91.3 Å². The standard InChI is InChI=1S/C44H44N4O9S2/c1-26(2)33-12-9-13-34-36(29-16-20-32(21-17-29)59(53,54)47(3)4)38(46-37(33)34)43(51)57-24-30-25-58-42-39(45-35(49)22-27-10-7-6-8-11-27)41(50)48(42)40(30)44(52)56-23-28-14-18-31(55-5)19-15-28/h6-21,26,39,42,46H,22-25H2,1-5H3,(H,45,49)/t39-,42-/m1/s1. The first-order chi connectivity index (χ1) is 28.3. The molecule has 4 aromatic carbocycles. The van der Waals surface area contributed by atoms with E-state index in [4.69, 9.17) is 14.2 Å². The summed E-state index contributed by atoms with van der Waals surface area (Å²) < 4.78 is 43.8. The molecule has 59 heavy (non-hydrogen) atoms. The Hall–Kier alpha value is -5.90. The number of nitrogens with one attached hydrogen (secondary N) is 2. The number of aromatic amines is 1. The van der Waals surface area contributed by atoms with Crippen molar-refractivity contribution in [1.82, 2.24) is 19.5 Å². The van der Waals surface area contributed by atoms with Gasteiger partial charge in [0.15, 0.2) is 0 Å². The van der Waals surface area contributed by atoms with Crippen molar-refractivity contribution in [2.75, 3.05) is 33.6 Å². The molecule has 15 heteroatoms. The van der Waals surface area contributed by atoms with Crippen molar-refractivity contribution in [3.63, 3.8) is 0 Å². The first-order valence-electron chi connectivity index (χ1n) is 18.9. The average molecular weight is 837 g/mol. The molecule has 2 atom stereocenters. The van der Waals surface area contributed by atoms with Crippen LogP contribution < -0.4 is 10.1 Å².